The molecule has 0 aliphatic rings. The molecular weight excluding hydrogens is 355 g/mol. The highest BCUT2D eigenvalue weighted by Gasteiger charge is 2.28. The van der Waals surface area contributed by atoms with E-state index in [1.165, 1.54) is 11.3 Å². The summed E-state index contributed by atoms with van der Waals surface area (Å²) in [6.45, 7) is -1.72. The van der Waals surface area contributed by atoms with E-state index in [4.69, 9.17) is 0 Å². The van der Waals surface area contributed by atoms with Gasteiger partial charge in [-0.3, -0.25) is 15.4 Å². The molecule has 9 heteroatoms. The molecule has 2 rings (SSSR count). The van der Waals surface area contributed by atoms with Crippen LogP contribution >= 0.6 is 11.3 Å². The molecule has 25 heavy (non-hydrogen) atoms. The molecule has 0 saturated heterocycles. The van der Waals surface area contributed by atoms with Crippen LogP contribution in [0.2, 0.25) is 0 Å². The van der Waals surface area contributed by atoms with Crippen LogP contribution in [-0.2, 0) is 4.79 Å². The summed E-state index contributed by atoms with van der Waals surface area (Å²) in [6, 6.07) is 11.7. The average molecular weight is 371 g/mol. The van der Waals surface area contributed by atoms with Crippen molar-refractivity contribution in [3.8, 4) is 0 Å². The van der Waals surface area contributed by atoms with Gasteiger partial charge >= 0.3 is 12.2 Å². The summed E-state index contributed by atoms with van der Waals surface area (Å²) < 4.78 is 36.0. The molecule has 1 heterocycles. The standard InChI is InChI=1S/C16H16F3N3O2S/c17-16(18,19)10-21-15(24)22-13(23)9-20-14(12-7-4-8-25-12)11-5-2-1-3-6-11/h1-8,14,20H,9-10H2,(H2,21,22,23,24)/t14-/m1/s1. The first-order valence-electron chi connectivity index (χ1n) is 7.31. The van der Waals surface area contributed by atoms with Crippen molar-refractivity contribution in [1.29, 1.82) is 0 Å². The molecule has 0 radical (unpaired) electrons. The van der Waals surface area contributed by atoms with Crippen LogP contribution in [0.4, 0.5) is 18.0 Å². The summed E-state index contributed by atoms with van der Waals surface area (Å²) in [5, 5.41) is 8.35. The maximum Gasteiger partial charge on any atom is 0.405 e. The molecule has 3 N–H and O–H groups in total. The quantitative estimate of drug-likeness (QED) is 0.731. The molecule has 0 fully saturated rings. The highest BCUT2D eigenvalue weighted by atomic mass is 32.1. The molecule has 5 nitrogen and oxygen atoms in total. The number of benzene rings is 1. The van der Waals surface area contributed by atoms with Crippen LogP contribution in [0.15, 0.2) is 47.8 Å². The first-order chi connectivity index (χ1) is 11.8. The number of amides is 3. The Labute approximate surface area is 146 Å². The van der Waals surface area contributed by atoms with Gasteiger partial charge in [0.05, 0.1) is 12.6 Å². The minimum atomic E-state index is -4.53. The zero-order chi connectivity index (χ0) is 18.3. The summed E-state index contributed by atoms with van der Waals surface area (Å²) in [5.41, 5.74) is 0.930. The zero-order valence-electron chi connectivity index (χ0n) is 13.0. The SMILES string of the molecule is O=C(CN[C@H](c1ccccc1)c1cccs1)NC(=O)NCC(F)(F)F. The van der Waals surface area contributed by atoms with E-state index in [0.29, 0.717) is 0 Å². The van der Waals surface area contributed by atoms with Crippen LogP contribution in [0.1, 0.15) is 16.5 Å². The van der Waals surface area contributed by atoms with E-state index >= 15 is 0 Å². The van der Waals surface area contributed by atoms with E-state index < -0.39 is 24.7 Å². The highest BCUT2D eigenvalue weighted by molar-refractivity contribution is 7.10. The molecule has 0 saturated carbocycles. The van der Waals surface area contributed by atoms with Gasteiger partial charge in [-0.15, -0.1) is 11.3 Å². The maximum absolute atomic E-state index is 12.0. The normalized spacial score (nSPS) is 12.4. The molecule has 134 valence electrons. The Hall–Kier alpha value is -2.39. The lowest BCUT2D eigenvalue weighted by atomic mass is 10.1. The number of hydrogen-bond acceptors (Lipinski definition) is 4. The summed E-state index contributed by atoms with van der Waals surface area (Å²) in [7, 11) is 0. The lowest BCUT2D eigenvalue weighted by Crippen LogP contribution is -2.46. The van der Waals surface area contributed by atoms with E-state index in [2.05, 4.69) is 5.32 Å². The topological polar surface area (TPSA) is 70.2 Å². The van der Waals surface area contributed by atoms with Gasteiger partial charge in [-0.05, 0) is 17.0 Å². The highest BCUT2D eigenvalue weighted by Crippen LogP contribution is 2.25. The Morgan fingerprint density at radius 3 is 2.40 bits per heavy atom. The number of thiophene rings is 1. The fourth-order valence-electron chi connectivity index (χ4n) is 2.07. The molecule has 1 aromatic carbocycles. The van der Waals surface area contributed by atoms with Crippen LogP contribution in [0, 0.1) is 0 Å². The molecule has 1 aromatic heterocycles. The number of imide groups is 1. The van der Waals surface area contributed by atoms with E-state index in [0.717, 1.165) is 10.4 Å². The van der Waals surface area contributed by atoms with E-state index in [1.807, 2.05) is 53.2 Å². The van der Waals surface area contributed by atoms with Gasteiger partial charge in [-0.25, -0.2) is 4.79 Å². The summed E-state index contributed by atoms with van der Waals surface area (Å²) in [5.74, 6) is -0.725. The Morgan fingerprint density at radius 2 is 1.80 bits per heavy atom. The second-order valence-electron chi connectivity index (χ2n) is 5.09. The van der Waals surface area contributed by atoms with Gasteiger partial charge in [-0.1, -0.05) is 36.4 Å². The molecular formula is C16H16F3N3O2S. The van der Waals surface area contributed by atoms with Crippen molar-refractivity contribution in [2.75, 3.05) is 13.1 Å². The third kappa shape index (κ3) is 6.55. The van der Waals surface area contributed by atoms with E-state index in [9.17, 15) is 22.8 Å². The first kappa shape index (κ1) is 18.9. The second kappa shape index (κ2) is 8.63. The molecule has 1 atom stereocenters. The van der Waals surface area contributed by atoms with Gasteiger partial charge in [-0.2, -0.15) is 13.2 Å². The Balaban J connectivity index is 1.90. The van der Waals surface area contributed by atoms with Gasteiger partial charge in [0.2, 0.25) is 5.91 Å². The van der Waals surface area contributed by atoms with Gasteiger partial charge in [0, 0.05) is 4.88 Å². The number of carbonyl (C=O) groups is 2. The molecule has 3 amide bonds. The van der Waals surface area contributed by atoms with Gasteiger partial charge in [0.1, 0.15) is 6.54 Å². The fraction of sp³-hybridized carbons (Fsp3) is 0.250. The van der Waals surface area contributed by atoms with Crippen LogP contribution < -0.4 is 16.0 Å². The number of hydrogen-bond donors (Lipinski definition) is 3. The predicted molar refractivity (Wildman–Crippen MR) is 88.2 cm³/mol. The van der Waals surface area contributed by atoms with Crippen molar-refractivity contribution in [3.05, 3.63) is 58.3 Å². The lowest BCUT2D eigenvalue weighted by Gasteiger charge is -2.18. The van der Waals surface area contributed by atoms with Crippen molar-refractivity contribution in [2.24, 2.45) is 0 Å². The molecule has 0 aliphatic heterocycles. The summed E-state index contributed by atoms with van der Waals surface area (Å²) >= 11 is 1.50. The zero-order valence-corrected chi connectivity index (χ0v) is 13.8. The third-order valence-corrected chi connectivity index (χ3v) is 4.07. The van der Waals surface area contributed by atoms with Crippen molar-refractivity contribution >= 4 is 23.3 Å². The predicted octanol–water partition coefficient (Wildman–Crippen LogP) is 2.82. The van der Waals surface area contributed by atoms with Gasteiger partial charge in [0.15, 0.2) is 0 Å². The van der Waals surface area contributed by atoms with E-state index in [-0.39, 0.29) is 12.6 Å². The van der Waals surface area contributed by atoms with E-state index in [1.54, 1.807) is 5.32 Å². The second-order valence-corrected chi connectivity index (χ2v) is 6.07. The van der Waals surface area contributed by atoms with Crippen molar-refractivity contribution < 1.29 is 22.8 Å². The largest absolute Gasteiger partial charge is 0.405 e. The Kier molecular flexibility index (Phi) is 6.54. The van der Waals surface area contributed by atoms with Crippen LogP contribution in [0.5, 0.6) is 0 Å². The van der Waals surface area contributed by atoms with Crippen LogP contribution in [0.25, 0.3) is 0 Å². The maximum atomic E-state index is 12.0. The molecule has 2 aromatic rings. The Morgan fingerprint density at radius 1 is 1.08 bits per heavy atom. The number of alkyl halides is 3. The lowest BCUT2D eigenvalue weighted by molar-refractivity contribution is -0.124. The number of carbonyl (C=O) groups excluding carboxylic acids is 2. The number of halogens is 3. The fourth-order valence-corrected chi connectivity index (χ4v) is 2.90. The van der Waals surface area contributed by atoms with Crippen molar-refractivity contribution in [1.82, 2.24) is 16.0 Å². The molecule has 0 bridgehead atoms. The minimum absolute atomic E-state index is 0.225. The monoisotopic (exact) mass is 371 g/mol. The smallest absolute Gasteiger partial charge is 0.329 e. The van der Waals surface area contributed by atoms with Gasteiger partial charge < -0.3 is 5.32 Å². The average Bonchev–Trinajstić information content (AvgIpc) is 3.08. The number of nitrogens with one attached hydrogen (secondary N) is 3. The minimum Gasteiger partial charge on any atom is -0.329 e. The number of urea groups is 1. The first-order valence-corrected chi connectivity index (χ1v) is 8.19. The number of rotatable bonds is 6. The summed E-state index contributed by atoms with van der Waals surface area (Å²) in [4.78, 5) is 24.0. The third-order valence-electron chi connectivity index (χ3n) is 3.13. The van der Waals surface area contributed by atoms with Crippen molar-refractivity contribution in [3.63, 3.8) is 0 Å². The van der Waals surface area contributed by atoms with Gasteiger partial charge in [0.25, 0.3) is 0 Å². The van der Waals surface area contributed by atoms with Crippen LogP contribution in [-0.4, -0.2) is 31.2 Å². The van der Waals surface area contributed by atoms with Crippen molar-refractivity contribution in [2.45, 2.75) is 12.2 Å². The summed E-state index contributed by atoms with van der Waals surface area (Å²) in [6.07, 6.45) is -4.53. The van der Waals surface area contributed by atoms with Crippen LogP contribution in [0.3, 0.4) is 0 Å². The Bertz CT molecular complexity index is 690. The molecule has 0 spiro atoms. The molecule has 0 unspecified atom stereocenters. The molecule has 0 aliphatic carbocycles.